The Bertz CT molecular complexity index is 981. The zero-order valence-electron chi connectivity index (χ0n) is 15.1. The minimum absolute atomic E-state index is 0.177. The molecule has 0 fully saturated rings. The van der Waals surface area contributed by atoms with Crippen molar-refractivity contribution in [1.82, 2.24) is 0 Å². The average molecular weight is 352 g/mol. The Labute approximate surface area is 159 Å². The molecule has 3 aromatic rings. The molecular weight excluding hydrogens is 332 g/mol. The van der Waals surface area contributed by atoms with Crippen LogP contribution in [-0.2, 0) is 15.8 Å². The van der Waals surface area contributed by atoms with E-state index in [1.54, 1.807) is 0 Å². The predicted molar refractivity (Wildman–Crippen MR) is 105 cm³/mol. The molecule has 0 radical (unpaired) electrons. The number of hydrogen-bond acceptors (Lipinski definition) is 3. The molecule has 2 N–H and O–H groups in total. The molecule has 1 atom stereocenters. The molecule has 0 spiro atoms. The Morgan fingerprint density at radius 1 is 0.741 bits per heavy atom. The highest BCUT2D eigenvalue weighted by Gasteiger charge is 2.61. The SMILES string of the molecule is CC1(c2ccccc2)C(C#N)=C(N)OC1(c1ccccc1)c1ccccc1. The van der Waals surface area contributed by atoms with Crippen molar-refractivity contribution in [2.75, 3.05) is 0 Å². The molecule has 1 unspecified atom stereocenters. The van der Waals surface area contributed by atoms with E-state index in [0.717, 1.165) is 16.7 Å². The number of nitrogens with zero attached hydrogens (tertiary/aromatic N) is 1. The van der Waals surface area contributed by atoms with Gasteiger partial charge in [0.1, 0.15) is 11.6 Å². The third-order valence-electron chi connectivity index (χ3n) is 5.54. The van der Waals surface area contributed by atoms with Gasteiger partial charge in [-0.2, -0.15) is 5.26 Å². The summed E-state index contributed by atoms with van der Waals surface area (Å²) in [5.74, 6) is 0.177. The average Bonchev–Trinajstić information content (AvgIpc) is 2.98. The smallest absolute Gasteiger partial charge is 0.200 e. The van der Waals surface area contributed by atoms with Crippen LogP contribution in [0.4, 0.5) is 0 Å². The molecule has 0 bridgehead atoms. The number of rotatable bonds is 3. The van der Waals surface area contributed by atoms with Gasteiger partial charge in [-0.3, -0.25) is 0 Å². The second kappa shape index (κ2) is 6.34. The van der Waals surface area contributed by atoms with E-state index in [-0.39, 0.29) is 5.88 Å². The van der Waals surface area contributed by atoms with E-state index in [0.29, 0.717) is 5.57 Å². The number of nitrogens with two attached hydrogens (primary N) is 1. The third-order valence-corrected chi connectivity index (χ3v) is 5.54. The maximum absolute atomic E-state index is 9.99. The monoisotopic (exact) mass is 352 g/mol. The normalized spacial score (nSPS) is 20.7. The van der Waals surface area contributed by atoms with Crippen LogP contribution in [0.25, 0.3) is 0 Å². The fraction of sp³-hybridized carbons (Fsp3) is 0.125. The molecule has 1 aliphatic rings. The molecule has 4 rings (SSSR count). The van der Waals surface area contributed by atoms with E-state index in [2.05, 4.69) is 6.07 Å². The molecule has 1 aliphatic heterocycles. The highest BCUT2D eigenvalue weighted by molar-refractivity contribution is 5.58. The molecule has 1 heterocycles. The van der Waals surface area contributed by atoms with Crippen LogP contribution in [0.1, 0.15) is 23.6 Å². The summed E-state index contributed by atoms with van der Waals surface area (Å²) < 4.78 is 6.43. The van der Waals surface area contributed by atoms with Crippen LogP contribution < -0.4 is 5.73 Å². The van der Waals surface area contributed by atoms with Gasteiger partial charge < -0.3 is 10.5 Å². The molecule has 3 nitrogen and oxygen atoms in total. The Balaban J connectivity index is 2.12. The van der Waals surface area contributed by atoms with Crippen molar-refractivity contribution in [2.24, 2.45) is 5.73 Å². The Morgan fingerprint density at radius 3 is 1.56 bits per heavy atom. The van der Waals surface area contributed by atoms with Gasteiger partial charge in [0.2, 0.25) is 5.88 Å². The van der Waals surface area contributed by atoms with Gasteiger partial charge in [-0.25, -0.2) is 0 Å². The molecule has 0 saturated carbocycles. The first kappa shape index (κ1) is 16.9. The van der Waals surface area contributed by atoms with Gasteiger partial charge in [-0.05, 0) is 12.5 Å². The van der Waals surface area contributed by atoms with Crippen molar-refractivity contribution < 1.29 is 4.74 Å². The minimum atomic E-state index is -0.938. The van der Waals surface area contributed by atoms with Crippen molar-refractivity contribution in [3.63, 3.8) is 0 Å². The van der Waals surface area contributed by atoms with Gasteiger partial charge >= 0.3 is 0 Å². The van der Waals surface area contributed by atoms with Crippen LogP contribution in [0.3, 0.4) is 0 Å². The van der Waals surface area contributed by atoms with Crippen LogP contribution in [0.2, 0.25) is 0 Å². The number of benzene rings is 3. The van der Waals surface area contributed by atoms with Crippen LogP contribution in [0.5, 0.6) is 0 Å². The van der Waals surface area contributed by atoms with Crippen LogP contribution in [-0.4, -0.2) is 0 Å². The predicted octanol–water partition coefficient (Wildman–Crippen LogP) is 4.61. The summed E-state index contributed by atoms with van der Waals surface area (Å²) in [4.78, 5) is 0. The van der Waals surface area contributed by atoms with Crippen molar-refractivity contribution in [3.8, 4) is 6.07 Å². The third kappa shape index (κ3) is 2.27. The lowest BCUT2D eigenvalue weighted by Gasteiger charge is -2.43. The zero-order chi connectivity index (χ0) is 18.9. The van der Waals surface area contributed by atoms with Crippen molar-refractivity contribution in [1.29, 1.82) is 5.26 Å². The Hall–Kier alpha value is -3.51. The summed E-state index contributed by atoms with van der Waals surface area (Å²) >= 11 is 0. The van der Waals surface area contributed by atoms with Gasteiger partial charge in [0.05, 0.1) is 5.41 Å². The van der Waals surface area contributed by atoms with Crippen molar-refractivity contribution in [3.05, 3.63) is 119 Å². The van der Waals surface area contributed by atoms with Crippen LogP contribution >= 0.6 is 0 Å². The summed E-state index contributed by atoms with van der Waals surface area (Å²) in [6, 6.07) is 32.3. The molecule has 3 heteroatoms. The van der Waals surface area contributed by atoms with Gasteiger partial charge in [0, 0.05) is 11.1 Å². The molecule has 0 amide bonds. The van der Waals surface area contributed by atoms with Gasteiger partial charge in [0.15, 0.2) is 5.60 Å². The lowest BCUT2D eigenvalue weighted by atomic mass is 9.60. The second-order valence-corrected chi connectivity index (χ2v) is 6.86. The molecule has 3 aromatic carbocycles. The molecule has 132 valence electrons. The second-order valence-electron chi connectivity index (χ2n) is 6.86. The van der Waals surface area contributed by atoms with Crippen molar-refractivity contribution in [2.45, 2.75) is 17.9 Å². The summed E-state index contributed by atoms with van der Waals surface area (Å²) in [5.41, 5.74) is 7.90. The summed E-state index contributed by atoms with van der Waals surface area (Å²) in [5, 5.41) is 9.99. The van der Waals surface area contributed by atoms with E-state index >= 15 is 0 Å². The molecule has 0 aliphatic carbocycles. The van der Waals surface area contributed by atoms with Gasteiger partial charge in [0.25, 0.3) is 0 Å². The number of nitriles is 1. The van der Waals surface area contributed by atoms with Crippen molar-refractivity contribution >= 4 is 0 Å². The highest BCUT2D eigenvalue weighted by atomic mass is 16.5. The fourth-order valence-electron chi connectivity index (χ4n) is 4.23. The molecule has 0 aromatic heterocycles. The summed E-state index contributed by atoms with van der Waals surface area (Å²) in [6.07, 6.45) is 0. The largest absolute Gasteiger partial charge is 0.461 e. The quantitative estimate of drug-likeness (QED) is 0.749. The maximum Gasteiger partial charge on any atom is 0.200 e. The van der Waals surface area contributed by atoms with E-state index in [9.17, 15) is 5.26 Å². The Morgan fingerprint density at radius 2 is 1.15 bits per heavy atom. The fourth-order valence-corrected chi connectivity index (χ4v) is 4.23. The van der Waals surface area contributed by atoms with Crippen LogP contribution in [0.15, 0.2) is 102 Å². The number of hydrogen-bond donors (Lipinski definition) is 1. The van der Waals surface area contributed by atoms with E-state index in [1.807, 2.05) is 97.9 Å². The molecule has 27 heavy (non-hydrogen) atoms. The molecular formula is C24H20N2O. The van der Waals surface area contributed by atoms with Gasteiger partial charge in [-0.15, -0.1) is 0 Å². The first-order chi connectivity index (χ1) is 13.1. The Kier molecular flexibility index (Phi) is 3.97. The first-order valence-electron chi connectivity index (χ1n) is 8.90. The number of ether oxygens (including phenoxy) is 1. The molecule has 0 saturated heterocycles. The maximum atomic E-state index is 9.99. The lowest BCUT2D eigenvalue weighted by Crippen LogP contribution is -2.47. The highest BCUT2D eigenvalue weighted by Crippen LogP contribution is 2.58. The summed E-state index contributed by atoms with van der Waals surface area (Å²) in [7, 11) is 0. The topological polar surface area (TPSA) is 59.0 Å². The van der Waals surface area contributed by atoms with Crippen LogP contribution in [0, 0.1) is 11.3 Å². The lowest BCUT2D eigenvalue weighted by molar-refractivity contribution is 0.0143. The first-order valence-corrected chi connectivity index (χ1v) is 8.90. The van der Waals surface area contributed by atoms with E-state index < -0.39 is 11.0 Å². The van der Waals surface area contributed by atoms with E-state index in [1.165, 1.54) is 0 Å². The minimum Gasteiger partial charge on any atom is -0.461 e. The summed E-state index contributed by atoms with van der Waals surface area (Å²) in [6.45, 7) is 2.04. The standard InChI is InChI=1S/C24H20N2O/c1-23(18-11-5-2-6-12-18)21(17-25)22(26)27-24(23,19-13-7-3-8-14-19)20-15-9-4-10-16-20/h2-16H,26H2,1H3. The van der Waals surface area contributed by atoms with E-state index in [4.69, 9.17) is 10.5 Å². The zero-order valence-corrected chi connectivity index (χ0v) is 15.1. The van der Waals surface area contributed by atoms with Gasteiger partial charge in [-0.1, -0.05) is 91.0 Å².